The lowest BCUT2D eigenvalue weighted by molar-refractivity contribution is -0.121. The van der Waals surface area contributed by atoms with Crippen LogP contribution >= 0.6 is 31.9 Å². The van der Waals surface area contributed by atoms with Crippen molar-refractivity contribution in [2.45, 2.75) is 45.4 Å². The molecule has 1 aromatic rings. The molecule has 21 heavy (non-hydrogen) atoms. The zero-order chi connectivity index (χ0) is 15.5. The third-order valence-corrected chi connectivity index (χ3v) is 4.19. The van der Waals surface area contributed by atoms with Gasteiger partial charge in [0.15, 0.2) is 0 Å². The van der Waals surface area contributed by atoms with Crippen molar-refractivity contribution in [3.05, 3.63) is 34.3 Å². The molecule has 0 unspecified atom stereocenters. The highest BCUT2D eigenvalue weighted by Gasteiger charge is 2.04. The van der Waals surface area contributed by atoms with Crippen LogP contribution in [0.1, 0.15) is 51.0 Å². The van der Waals surface area contributed by atoms with Gasteiger partial charge in [-0.25, -0.2) is 5.43 Å². The van der Waals surface area contributed by atoms with E-state index in [1.165, 1.54) is 19.3 Å². The standard InChI is InChI=1S/C16H22Br2N2O/c1-2-3-4-5-6-7-16(21)20-19-15(12-17)13-8-10-14(18)11-9-13/h8-11H,2-7,12H2,1H3,(H,20,21)/b19-15+. The van der Waals surface area contributed by atoms with Crippen LogP contribution in [0, 0.1) is 0 Å². The van der Waals surface area contributed by atoms with Crippen LogP contribution in [0.2, 0.25) is 0 Å². The van der Waals surface area contributed by atoms with Crippen molar-refractivity contribution >= 4 is 43.5 Å². The summed E-state index contributed by atoms with van der Waals surface area (Å²) in [6, 6.07) is 7.87. The highest BCUT2D eigenvalue weighted by Crippen LogP contribution is 2.12. The monoisotopic (exact) mass is 416 g/mol. The van der Waals surface area contributed by atoms with Crippen LogP contribution < -0.4 is 5.43 Å². The van der Waals surface area contributed by atoms with Gasteiger partial charge in [-0.15, -0.1) is 0 Å². The molecular weight excluding hydrogens is 396 g/mol. The highest BCUT2D eigenvalue weighted by molar-refractivity contribution is 9.10. The molecule has 5 heteroatoms. The fourth-order valence-electron chi connectivity index (χ4n) is 1.89. The lowest BCUT2D eigenvalue weighted by Gasteiger charge is -2.05. The maximum Gasteiger partial charge on any atom is 0.240 e. The second-order valence-corrected chi connectivity index (χ2v) is 6.37. The van der Waals surface area contributed by atoms with Crippen LogP contribution in [-0.4, -0.2) is 16.9 Å². The van der Waals surface area contributed by atoms with Gasteiger partial charge in [0.1, 0.15) is 0 Å². The zero-order valence-corrected chi connectivity index (χ0v) is 15.5. The maximum absolute atomic E-state index is 11.7. The number of carbonyl (C=O) groups is 1. The Kier molecular flexibility index (Phi) is 9.59. The van der Waals surface area contributed by atoms with Gasteiger partial charge in [-0.3, -0.25) is 4.79 Å². The van der Waals surface area contributed by atoms with Crippen molar-refractivity contribution in [2.24, 2.45) is 5.10 Å². The third kappa shape index (κ3) is 7.77. The minimum Gasteiger partial charge on any atom is -0.273 e. The Bertz CT molecular complexity index is 458. The predicted molar refractivity (Wildman–Crippen MR) is 96.0 cm³/mol. The van der Waals surface area contributed by atoms with Crippen LogP contribution in [0.4, 0.5) is 0 Å². The van der Waals surface area contributed by atoms with E-state index in [4.69, 9.17) is 0 Å². The molecule has 0 heterocycles. The quantitative estimate of drug-likeness (QED) is 0.260. The maximum atomic E-state index is 11.7. The van der Waals surface area contributed by atoms with Gasteiger partial charge in [0.25, 0.3) is 0 Å². The number of halogens is 2. The smallest absolute Gasteiger partial charge is 0.240 e. The van der Waals surface area contributed by atoms with E-state index in [1.54, 1.807) is 0 Å². The molecule has 0 spiro atoms. The molecule has 0 saturated heterocycles. The van der Waals surface area contributed by atoms with Gasteiger partial charge in [-0.1, -0.05) is 76.6 Å². The first-order valence-corrected chi connectivity index (χ1v) is 9.26. The topological polar surface area (TPSA) is 41.5 Å². The molecule has 0 aromatic heterocycles. The van der Waals surface area contributed by atoms with Crippen molar-refractivity contribution in [2.75, 3.05) is 5.33 Å². The number of benzene rings is 1. The molecule has 0 aliphatic heterocycles. The van der Waals surface area contributed by atoms with Crippen LogP contribution in [-0.2, 0) is 4.79 Å². The summed E-state index contributed by atoms with van der Waals surface area (Å²) in [5, 5.41) is 4.81. The Labute approximate surface area is 143 Å². The molecular formula is C16H22Br2N2O. The third-order valence-electron chi connectivity index (χ3n) is 3.13. The van der Waals surface area contributed by atoms with Crippen molar-refractivity contribution in [3.8, 4) is 0 Å². The van der Waals surface area contributed by atoms with Gasteiger partial charge in [0, 0.05) is 16.2 Å². The van der Waals surface area contributed by atoms with Crippen LogP contribution in [0.5, 0.6) is 0 Å². The SMILES string of the molecule is CCCCCCCC(=O)N/N=C(\CBr)c1ccc(Br)cc1. The van der Waals surface area contributed by atoms with E-state index >= 15 is 0 Å². The molecule has 0 atom stereocenters. The fraction of sp³-hybridized carbons (Fsp3) is 0.500. The first kappa shape index (κ1) is 18.4. The summed E-state index contributed by atoms with van der Waals surface area (Å²) in [6.45, 7) is 2.19. The average molecular weight is 418 g/mol. The molecule has 1 N–H and O–H groups in total. The number of unbranched alkanes of at least 4 members (excludes halogenated alkanes) is 4. The normalized spacial score (nSPS) is 11.5. The van der Waals surface area contributed by atoms with Gasteiger partial charge in [0.05, 0.1) is 5.71 Å². The average Bonchev–Trinajstić information content (AvgIpc) is 2.49. The zero-order valence-electron chi connectivity index (χ0n) is 12.4. The number of alkyl halides is 1. The lowest BCUT2D eigenvalue weighted by atomic mass is 10.1. The summed E-state index contributed by atoms with van der Waals surface area (Å²) in [6.07, 6.45) is 6.27. The fourth-order valence-corrected chi connectivity index (χ4v) is 2.60. The van der Waals surface area contributed by atoms with Crippen LogP contribution in [0.3, 0.4) is 0 Å². The second-order valence-electron chi connectivity index (χ2n) is 4.90. The Balaban J connectivity index is 2.41. The van der Waals surface area contributed by atoms with Gasteiger partial charge >= 0.3 is 0 Å². The van der Waals surface area contributed by atoms with E-state index in [0.717, 1.165) is 28.6 Å². The largest absolute Gasteiger partial charge is 0.273 e. The van der Waals surface area contributed by atoms with Crippen LogP contribution in [0.25, 0.3) is 0 Å². The molecule has 3 nitrogen and oxygen atoms in total. The molecule has 1 rings (SSSR count). The van der Waals surface area contributed by atoms with Gasteiger partial charge in [0.2, 0.25) is 5.91 Å². The van der Waals surface area contributed by atoms with Crippen LogP contribution in [0.15, 0.2) is 33.8 Å². The van der Waals surface area contributed by atoms with E-state index in [9.17, 15) is 4.79 Å². The molecule has 1 amide bonds. The van der Waals surface area contributed by atoms with Crippen molar-refractivity contribution in [1.29, 1.82) is 0 Å². The van der Waals surface area contributed by atoms with Gasteiger partial charge < -0.3 is 0 Å². The van der Waals surface area contributed by atoms with Gasteiger partial charge in [-0.05, 0) is 24.1 Å². The van der Waals surface area contributed by atoms with Crippen molar-refractivity contribution in [1.82, 2.24) is 5.43 Å². The summed E-state index contributed by atoms with van der Waals surface area (Å²) >= 11 is 6.81. The number of nitrogens with one attached hydrogen (secondary N) is 1. The summed E-state index contributed by atoms with van der Waals surface area (Å²) in [7, 11) is 0. The Morgan fingerprint density at radius 3 is 2.43 bits per heavy atom. The number of amides is 1. The number of hydrazone groups is 1. The van der Waals surface area contributed by atoms with Gasteiger partial charge in [-0.2, -0.15) is 5.10 Å². The van der Waals surface area contributed by atoms with E-state index in [0.29, 0.717) is 11.8 Å². The van der Waals surface area contributed by atoms with E-state index in [1.807, 2.05) is 24.3 Å². The lowest BCUT2D eigenvalue weighted by Crippen LogP contribution is -2.20. The first-order valence-electron chi connectivity index (χ1n) is 7.34. The number of carbonyl (C=O) groups excluding carboxylic acids is 1. The molecule has 0 aliphatic carbocycles. The second kappa shape index (κ2) is 11.0. The molecule has 0 fully saturated rings. The minimum atomic E-state index is -0.0120. The summed E-state index contributed by atoms with van der Waals surface area (Å²) in [4.78, 5) is 11.7. The van der Waals surface area contributed by atoms with E-state index in [-0.39, 0.29) is 5.91 Å². The Morgan fingerprint density at radius 2 is 1.81 bits per heavy atom. The molecule has 0 radical (unpaired) electrons. The molecule has 0 aliphatic rings. The number of nitrogens with zero attached hydrogens (tertiary/aromatic N) is 1. The molecule has 0 bridgehead atoms. The molecule has 116 valence electrons. The molecule has 1 aromatic carbocycles. The summed E-state index contributed by atoms with van der Waals surface area (Å²) < 4.78 is 1.02. The van der Waals surface area contributed by atoms with E-state index < -0.39 is 0 Å². The number of hydrogen-bond donors (Lipinski definition) is 1. The van der Waals surface area contributed by atoms with Crippen molar-refractivity contribution in [3.63, 3.8) is 0 Å². The Morgan fingerprint density at radius 1 is 1.14 bits per heavy atom. The number of rotatable bonds is 9. The van der Waals surface area contributed by atoms with E-state index in [2.05, 4.69) is 49.3 Å². The number of hydrogen-bond acceptors (Lipinski definition) is 2. The summed E-state index contributed by atoms with van der Waals surface area (Å²) in [5.74, 6) is -0.0120. The Hall–Kier alpha value is -0.680. The summed E-state index contributed by atoms with van der Waals surface area (Å²) in [5.41, 5.74) is 4.46. The molecule has 0 saturated carbocycles. The van der Waals surface area contributed by atoms with Crippen molar-refractivity contribution < 1.29 is 4.79 Å². The predicted octanol–water partition coefficient (Wildman–Crippen LogP) is 5.02. The minimum absolute atomic E-state index is 0.0120. The highest BCUT2D eigenvalue weighted by atomic mass is 79.9. The first-order chi connectivity index (χ1) is 10.2.